The standard InChI is InChI=1S/C19H20ClNO2/c1-4-14-8-5-7-13(2)19(14)21-17(22)12-11-15-9-6-10-16(23-3)18(15)20/h5-12H,4H2,1-3H3,(H,21,22)/b12-11+. The lowest BCUT2D eigenvalue weighted by molar-refractivity contribution is -0.111. The van der Waals surface area contributed by atoms with Crippen molar-refractivity contribution in [3.63, 3.8) is 0 Å². The molecular weight excluding hydrogens is 310 g/mol. The van der Waals surface area contributed by atoms with Crippen LogP contribution in [0.15, 0.2) is 42.5 Å². The molecule has 0 aliphatic carbocycles. The summed E-state index contributed by atoms with van der Waals surface area (Å²) in [4.78, 5) is 12.2. The minimum atomic E-state index is -0.187. The number of para-hydroxylation sites is 1. The fourth-order valence-electron chi connectivity index (χ4n) is 2.35. The highest BCUT2D eigenvalue weighted by Crippen LogP contribution is 2.28. The minimum Gasteiger partial charge on any atom is -0.495 e. The van der Waals surface area contributed by atoms with Gasteiger partial charge in [0.15, 0.2) is 0 Å². The maximum Gasteiger partial charge on any atom is 0.248 e. The molecule has 0 aliphatic heterocycles. The molecule has 0 bridgehead atoms. The first-order valence-electron chi connectivity index (χ1n) is 7.46. The number of nitrogens with one attached hydrogen (secondary N) is 1. The second kappa shape index (κ2) is 7.84. The van der Waals surface area contributed by atoms with Gasteiger partial charge in [0.2, 0.25) is 5.91 Å². The van der Waals surface area contributed by atoms with Gasteiger partial charge in [0.05, 0.1) is 12.1 Å². The molecule has 0 aliphatic rings. The molecule has 1 N–H and O–H groups in total. The molecule has 4 heteroatoms. The monoisotopic (exact) mass is 329 g/mol. The second-order valence-corrected chi connectivity index (χ2v) is 5.53. The van der Waals surface area contributed by atoms with Crippen LogP contribution in [0.2, 0.25) is 5.02 Å². The maximum atomic E-state index is 12.2. The summed E-state index contributed by atoms with van der Waals surface area (Å²) in [6, 6.07) is 11.4. The first-order valence-corrected chi connectivity index (χ1v) is 7.84. The SMILES string of the molecule is CCc1cccc(C)c1NC(=O)/C=C/c1cccc(OC)c1Cl. The van der Waals surface area contributed by atoms with Gasteiger partial charge < -0.3 is 10.1 Å². The van der Waals surface area contributed by atoms with Gasteiger partial charge in [-0.05, 0) is 42.2 Å². The van der Waals surface area contributed by atoms with Crippen molar-refractivity contribution in [2.75, 3.05) is 12.4 Å². The molecule has 0 heterocycles. The summed E-state index contributed by atoms with van der Waals surface area (Å²) in [7, 11) is 1.56. The van der Waals surface area contributed by atoms with E-state index in [0.29, 0.717) is 10.8 Å². The van der Waals surface area contributed by atoms with E-state index >= 15 is 0 Å². The fraction of sp³-hybridized carbons (Fsp3) is 0.211. The van der Waals surface area contributed by atoms with Crippen LogP contribution in [0.25, 0.3) is 6.08 Å². The fourth-order valence-corrected chi connectivity index (χ4v) is 2.61. The Hall–Kier alpha value is -2.26. The Morgan fingerprint density at radius 2 is 2.00 bits per heavy atom. The van der Waals surface area contributed by atoms with Crippen LogP contribution in [0.1, 0.15) is 23.6 Å². The Bertz CT molecular complexity index is 738. The van der Waals surface area contributed by atoms with Crippen molar-refractivity contribution in [1.82, 2.24) is 0 Å². The number of benzene rings is 2. The van der Waals surface area contributed by atoms with Crippen molar-refractivity contribution < 1.29 is 9.53 Å². The average molecular weight is 330 g/mol. The summed E-state index contributed by atoms with van der Waals surface area (Å²) in [5, 5.41) is 3.44. The Morgan fingerprint density at radius 3 is 2.70 bits per heavy atom. The van der Waals surface area contributed by atoms with Crippen LogP contribution in [0.3, 0.4) is 0 Å². The largest absolute Gasteiger partial charge is 0.495 e. The van der Waals surface area contributed by atoms with Gasteiger partial charge in [0, 0.05) is 11.8 Å². The number of ether oxygens (including phenoxy) is 1. The smallest absolute Gasteiger partial charge is 0.248 e. The molecule has 2 aromatic rings. The van der Waals surface area contributed by atoms with E-state index < -0.39 is 0 Å². The summed E-state index contributed by atoms with van der Waals surface area (Å²) >= 11 is 6.22. The Morgan fingerprint density at radius 1 is 1.26 bits per heavy atom. The molecule has 2 rings (SSSR count). The van der Waals surface area contributed by atoms with Gasteiger partial charge in [-0.1, -0.05) is 48.9 Å². The third kappa shape index (κ3) is 4.14. The molecule has 0 fully saturated rings. The molecule has 0 unspecified atom stereocenters. The van der Waals surface area contributed by atoms with Gasteiger partial charge in [-0.3, -0.25) is 4.79 Å². The van der Waals surface area contributed by atoms with Gasteiger partial charge in [0.25, 0.3) is 0 Å². The summed E-state index contributed by atoms with van der Waals surface area (Å²) in [6.45, 7) is 4.05. The molecule has 0 saturated heterocycles. The minimum absolute atomic E-state index is 0.187. The van der Waals surface area contributed by atoms with Crippen LogP contribution in [0, 0.1) is 6.92 Å². The number of methoxy groups -OCH3 is 1. The topological polar surface area (TPSA) is 38.3 Å². The second-order valence-electron chi connectivity index (χ2n) is 5.15. The molecule has 120 valence electrons. The number of hydrogen-bond acceptors (Lipinski definition) is 2. The third-order valence-electron chi connectivity index (χ3n) is 3.62. The number of anilines is 1. The number of rotatable bonds is 5. The van der Waals surface area contributed by atoms with Crippen LogP contribution in [-0.4, -0.2) is 13.0 Å². The number of hydrogen-bond donors (Lipinski definition) is 1. The molecule has 0 radical (unpaired) electrons. The molecule has 0 atom stereocenters. The predicted molar refractivity (Wildman–Crippen MR) is 96.2 cm³/mol. The highest BCUT2D eigenvalue weighted by atomic mass is 35.5. The number of aryl methyl sites for hydroxylation is 2. The Kier molecular flexibility index (Phi) is 5.83. The Balaban J connectivity index is 2.17. The van der Waals surface area contributed by atoms with Crippen molar-refractivity contribution in [1.29, 1.82) is 0 Å². The zero-order chi connectivity index (χ0) is 16.8. The number of amides is 1. The van der Waals surface area contributed by atoms with Gasteiger partial charge >= 0.3 is 0 Å². The van der Waals surface area contributed by atoms with E-state index in [1.165, 1.54) is 6.08 Å². The van der Waals surface area contributed by atoms with Crippen LogP contribution in [0.5, 0.6) is 5.75 Å². The molecule has 3 nitrogen and oxygen atoms in total. The van der Waals surface area contributed by atoms with Crippen molar-refractivity contribution in [3.05, 3.63) is 64.2 Å². The molecule has 2 aromatic carbocycles. The summed E-state index contributed by atoms with van der Waals surface area (Å²) < 4.78 is 5.17. The zero-order valence-corrected chi connectivity index (χ0v) is 14.3. The average Bonchev–Trinajstić information content (AvgIpc) is 2.55. The van der Waals surface area contributed by atoms with Crippen molar-refractivity contribution in [3.8, 4) is 5.75 Å². The molecule has 0 spiro atoms. The van der Waals surface area contributed by atoms with Gasteiger partial charge in [-0.25, -0.2) is 0 Å². The van der Waals surface area contributed by atoms with Crippen molar-refractivity contribution in [2.24, 2.45) is 0 Å². The third-order valence-corrected chi connectivity index (χ3v) is 4.02. The predicted octanol–water partition coefficient (Wildman–Crippen LogP) is 4.87. The van der Waals surface area contributed by atoms with Crippen LogP contribution >= 0.6 is 11.6 Å². The van der Waals surface area contributed by atoms with Crippen molar-refractivity contribution >= 4 is 29.3 Å². The molecule has 0 saturated carbocycles. The van der Waals surface area contributed by atoms with E-state index in [9.17, 15) is 4.79 Å². The van der Waals surface area contributed by atoms with Gasteiger partial charge in [-0.2, -0.15) is 0 Å². The van der Waals surface area contributed by atoms with E-state index in [4.69, 9.17) is 16.3 Å². The number of carbonyl (C=O) groups excluding carboxylic acids is 1. The lowest BCUT2D eigenvalue weighted by Gasteiger charge is -2.11. The maximum absolute atomic E-state index is 12.2. The number of halogens is 1. The highest BCUT2D eigenvalue weighted by molar-refractivity contribution is 6.33. The number of carbonyl (C=O) groups is 1. The van der Waals surface area contributed by atoms with E-state index in [1.54, 1.807) is 19.3 Å². The van der Waals surface area contributed by atoms with Crippen LogP contribution in [-0.2, 0) is 11.2 Å². The quantitative estimate of drug-likeness (QED) is 0.795. The lowest BCUT2D eigenvalue weighted by Crippen LogP contribution is -2.11. The van der Waals surface area contributed by atoms with E-state index in [0.717, 1.165) is 28.8 Å². The summed E-state index contributed by atoms with van der Waals surface area (Å²) in [5.74, 6) is 0.397. The normalized spacial score (nSPS) is 10.8. The summed E-state index contributed by atoms with van der Waals surface area (Å²) in [5.41, 5.74) is 3.78. The zero-order valence-electron chi connectivity index (χ0n) is 13.5. The van der Waals surface area contributed by atoms with Crippen molar-refractivity contribution in [2.45, 2.75) is 20.3 Å². The lowest BCUT2D eigenvalue weighted by atomic mass is 10.1. The molecule has 0 aromatic heterocycles. The van der Waals surface area contributed by atoms with Gasteiger partial charge in [-0.15, -0.1) is 0 Å². The van der Waals surface area contributed by atoms with Crippen LogP contribution < -0.4 is 10.1 Å². The van der Waals surface area contributed by atoms with E-state index in [-0.39, 0.29) is 5.91 Å². The van der Waals surface area contributed by atoms with E-state index in [2.05, 4.69) is 12.2 Å². The van der Waals surface area contributed by atoms with Gasteiger partial charge in [0.1, 0.15) is 5.75 Å². The molecular formula is C19H20ClNO2. The summed E-state index contributed by atoms with van der Waals surface area (Å²) in [6.07, 6.45) is 4.03. The first kappa shape index (κ1) is 17.1. The Labute approximate surface area is 141 Å². The molecule has 23 heavy (non-hydrogen) atoms. The highest BCUT2D eigenvalue weighted by Gasteiger charge is 2.07. The van der Waals surface area contributed by atoms with Crippen LogP contribution in [0.4, 0.5) is 5.69 Å². The first-order chi connectivity index (χ1) is 11.1. The van der Waals surface area contributed by atoms with E-state index in [1.807, 2.05) is 37.3 Å². The molecule has 1 amide bonds.